The Morgan fingerprint density at radius 2 is 2.36 bits per heavy atom. The van der Waals surface area contributed by atoms with E-state index in [0.29, 0.717) is 16.7 Å². The van der Waals surface area contributed by atoms with Crippen LogP contribution in [-0.4, -0.2) is 4.57 Å². The molecule has 0 aromatic carbocycles. The van der Waals surface area contributed by atoms with Gasteiger partial charge in [-0.05, 0) is 34.8 Å². The molecular weight excluding hydrogens is 244 g/mol. The van der Waals surface area contributed by atoms with Crippen molar-refractivity contribution < 1.29 is 0 Å². The first-order chi connectivity index (χ1) is 6.57. The minimum atomic E-state index is -0.0430. The summed E-state index contributed by atoms with van der Waals surface area (Å²) in [6.45, 7) is 6.04. The molecular formula is C10H13BrN2O. The molecule has 0 saturated carbocycles. The lowest BCUT2D eigenvalue weighted by Crippen LogP contribution is -2.22. The second kappa shape index (κ2) is 4.46. The van der Waals surface area contributed by atoms with Gasteiger partial charge in [-0.2, -0.15) is 0 Å². The summed E-state index contributed by atoms with van der Waals surface area (Å²) >= 11 is 3.23. The van der Waals surface area contributed by atoms with Crippen molar-refractivity contribution in [3.63, 3.8) is 0 Å². The first-order valence-corrected chi connectivity index (χ1v) is 5.13. The molecule has 0 fully saturated rings. The van der Waals surface area contributed by atoms with Crippen LogP contribution in [0.15, 0.2) is 28.1 Å². The van der Waals surface area contributed by atoms with Crippen molar-refractivity contribution in [1.29, 1.82) is 0 Å². The zero-order valence-electron chi connectivity index (χ0n) is 8.09. The Bertz CT molecular complexity index is 409. The topological polar surface area (TPSA) is 48.0 Å². The summed E-state index contributed by atoms with van der Waals surface area (Å²) in [5.74, 6) is 0. The lowest BCUT2D eigenvalue weighted by molar-refractivity contribution is 0.679. The smallest absolute Gasteiger partial charge is 0.265 e. The normalized spacial score (nSPS) is 10.1. The number of hydrogen-bond donors (Lipinski definition) is 1. The number of nitrogen functional groups attached to an aromatic ring is 1. The van der Waals surface area contributed by atoms with E-state index in [2.05, 4.69) is 22.5 Å². The molecule has 1 aromatic heterocycles. The molecule has 0 aliphatic carbocycles. The maximum Gasteiger partial charge on any atom is 0.265 e. The van der Waals surface area contributed by atoms with Crippen LogP contribution in [0.4, 0.5) is 5.69 Å². The summed E-state index contributed by atoms with van der Waals surface area (Å²) in [5.41, 5.74) is 7.13. The van der Waals surface area contributed by atoms with Gasteiger partial charge in [0.05, 0.1) is 10.2 Å². The van der Waals surface area contributed by atoms with Gasteiger partial charge in [-0.25, -0.2) is 0 Å². The Morgan fingerprint density at radius 3 is 2.93 bits per heavy atom. The number of aryl methyl sites for hydroxylation is 1. The summed E-state index contributed by atoms with van der Waals surface area (Å²) in [7, 11) is 0. The predicted molar refractivity (Wildman–Crippen MR) is 62.4 cm³/mol. The van der Waals surface area contributed by atoms with Gasteiger partial charge >= 0.3 is 0 Å². The van der Waals surface area contributed by atoms with Crippen LogP contribution in [0.5, 0.6) is 0 Å². The number of allylic oxidation sites excluding steroid dienone is 1. The molecule has 1 heterocycles. The first-order valence-electron chi connectivity index (χ1n) is 4.33. The maximum absolute atomic E-state index is 11.7. The van der Waals surface area contributed by atoms with Gasteiger partial charge in [0.1, 0.15) is 0 Å². The van der Waals surface area contributed by atoms with E-state index in [-0.39, 0.29) is 5.56 Å². The third-order valence-corrected chi connectivity index (χ3v) is 3.01. The average Bonchev–Trinajstić information content (AvgIpc) is 2.18. The molecule has 76 valence electrons. The quantitative estimate of drug-likeness (QED) is 0.843. The van der Waals surface area contributed by atoms with Crippen molar-refractivity contribution in [2.75, 3.05) is 5.73 Å². The lowest BCUT2D eigenvalue weighted by Gasteiger charge is -2.08. The summed E-state index contributed by atoms with van der Waals surface area (Å²) < 4.78 is 2.13. The molecule has 0 bridgehead atoms. The number of rotatable bonds is 3. The molecule has 0 aliphatic rings. The van der Waals surface area contributed by atoms with Crippen molar-refractivity contribution in [2.45, 2.75) is 19.9 Å². The number of hydrogen-bond acceptors (Lipinski definition) is 2. The highest BCUT2D eigenvalue weighted by Gasteiger charge is 2.07. The summed E-state index contributed by atoms with van der Waals surface area (Å²) in [5, 5.41) is 0. The van der Waals surface area contributed by atoms with Crippen LogP contribution < -0.4 is 11.3 Å². The van der Waals surface area contributed by atoms with E-state index >= 15 is 0 Å². The number of nitrogens with two attached hydrogens (primary N) is 1. The van der Waals surface area contributed by atoms with E-state index in [4.69, 9.17) is 5.73 Å². The molecule has 4 heteroatoms. The fourth-order valence-electron chi connectivity index (χ4n) is 1.13. The van der Waals surface area contributed by atoms with Gasteiger partial charge in [0, 0.05) is 12.7 Å². The highest BCUT2D eigenvalue weighted by Crippen LogP contribution is 2.16. The molecule has 1 rings (SSSR count). The maximum atomic E-state index is 11.7. The largest absolute Gasteiger partial charge is 0.397 e. The van der Waals surface area contributed by atoms with E-state index in [1.54, 1.807) is 16.8 Å². The molecule has 1 aromatic rings. The third kappa shape index (κ3) is 2.07. The number of nitrogens with zero attached hydrogens (tertiary/aromatic N) is 1. The molecule has 0 saturated heterocycles. The average molecular weight is 257 g/mol. The zero-order chi connectivity index (χ0) is 10.7. The lowest BCUT2D eigenvalue weighted by atomic mass is 10.2. The third-order valence-electron chi connectivity index (χ3n) is 2.08. The van der Waals surface area contributed by atoms with E-state index in [0.717, 1.165) is 12.0 Å². The van der Waals surface area contributed by atoms with Crippen molar-refractivity contribution in [3.8, 4) is 0 Å². The van der Waals surface area contributed by atoms with Gasteiger partial charge in [0.15, 0.2) is 0 Å². The zero-order valence-corrected chi connectivity index (χ0v) is 9.67. The number of anilines is 1. The standard InChI is InChI=1S/C10H13BrN2O/c1-3-4-5-13-6-8(12)7(2)9(11)10(13)14/h3,6H,1,4-5,12H2,2H3. The Balaban J connectivity index is 3.19. The second-order valence-electron chi connectivity index (χ2n) is 3.10. The predicted octanol–water partition coefficient (Wildman–Crippen LogP) is 2.08. The fraction of sp³-hybridized carbons (Fsp3) is 0.300. The van der Waals surface area contributed by atoms with Gasteiger partial charge < -0.3 is 10.3 Å². The van der Waals surface area contributed by atoms with Gasteiger partial charge in [-0.15, -0.1) is 6.58 Å². The van der Waals surface area contributed by atoms with Gasteiger partial charge in [0.2, 0.25) is 0 Å². The Hall–Kier alpha value is -1.03. The van der Waals surface area contributed by atoms with E-state index in [9.17, 15) is 4.79 Å². The minimum Gasteiger partial charge on any atom is -0.397 e. The summed E-state index contributed by atoms with van der Waals surface area (Å²) in [6, 6.07) is 0. The van der Waals surface area contributed by atoms with Crippen LogP contribution in [-0.2, 0) is 6.54 Å². The Labute approximate surface area is 91.4 Å². The van der Waals surface area contributed by atoms with Crippen LogP contribution in [0.2, 0.25) is 0 Å². The van der Waals surface area contributed by atoms with E-state index in [1.807, 2.05) is 6.92 Å². The molecule has 2 N–H and O–H groups in total. The molecule has 0 unspecified atom stereocenters. The van der Waals surface area contributed by atoms with Gasteiger partial charge in [-0.3, -0.25) is 4.79 Å². The molecule has 0 amide bonds. The van der Waals surface area contributed by atoms with Crippen molar-refractivity contribution >= 4 is 21.6 Å². The Morgan fingerprint density at radius 1 is 1.71 bits per heavy atom. The van der Waals surface area contributed by atoms with Crippen molar-refractivity contribution in [3.05, 3.63) is 39.2 Å². The second-order valence-corrected chi connectivity index (χ2v) is 3.89. The van der Waals surface area contributed by atoms with Crippen LogP contribution in [0, 0.1) is 6.92 Å². The highest BCUT2D eigenvalue weighted by atomic mass is 79.9. The fourth-order valence-corrected chi connectivity index (χ4v) is 1.59. The summed E-state index contributed by atoms with van der Waals surface area (Å²) in [6.07, 6.45) is 4.21. The van der Waals surface area contributed by atoms with Crippen LogP contribution in [0.1, 0.15) is 12.0 Å². The molecule has 14 heavy (non-hydrogen) atoms. The number of halogens is 1. The van der Waals surface area contributed by atoms with E-state index in [1.165, 1.54) is 0 Å². The number of aromatic nitrogens is 1. The Kier molecular flexibility index (Phi) is 3.52. The van der Waals surface area contributed by atoms with Crippen LogP contribution in [0.25, 0.3) is 0 Å². The molecule has 3 nitrogen and oxygen atoms in total. The van der Waals surface area contributed by atoms with Crippen LogP contribution in [0.3, 0.4) is 0 Å². The van der Waals surface area contributed by atoms with Gasteiger partial charge in [0.25, 0.3) is 5.56 Å². The highest BCUT2D eigenvalue weighted by molar-refractivity contribution is 9.10. The SMILES string of the molecule is C=CCCn1cc(N)c(C)c(Br)c1=O. The van der Waals surface area contributed by atoms with Crippen molar-refractivity contribution in [1.82, 2.24) is 4.57 Å². The van der Waals surface area contributed by atoms with Crippen LogP contribution >= 0.6 is 15.9 Å². The minimum absolute atomic E-state index is 0.0430. The van der Waals surface area contributed by atoms with E-state index < -0.39 is 0 Å². The summed E-state index contributed by atoms with van der Waals surface area (Å²) in [4.78, 5) is 11.7. The molecule has 0 aliphatic heterocycles. The molecule has 0 radical (unpaired) electrons. The van der Waals surface area contributed by atoms with Gasteiger partial charge in [-0.1, -0.05) is 6.08 Å². The molecule has 0 atom stereocenters. The monoisotopic (exact) mass is 256 g/mol. The number of pyridine rings is 1. The first kappa shape index (κ1) is 11.0. The van der Waals surface area contributed by atoms with Crippen molar-refractivity contribution in [2.24, 2.45) is 0 Å². The molecule has 0 spiro atoms.